The lowest BCUT2D eigenvalue weighted by Crippen LogP contribution is -2.34. The second kappa shape index (κ2) is 6.88. The van der Waals surface area contributed by atoms with Crippen molar-refractivity contribution < 1.29 is 0 Å². The Hall–Kier alpha value is -1.36. The molecule has 1 unspecified atom stereocenters. The zero-order chi connectivity index (χ0) is 13.1. The molecule has 2 N–H and O–H groups in total. The molecule has 108 valence electrons. The summed E-state index contributed by atoms with van der Waals surface area (Å²) in [6, 6.07) is 11.1. The van der Waals surface area contributed by atoms with E-state index in [4.69, 9.17) is 5.73 Å². The topological polar surface area (TPSA) is 47.1 Å². The Bertz CT molecular complexity index is 509. The largest absolute Gasteiger partial charge is 0.329 e. The lowest BCUT2D eigenvalue weighted by molar-refractivity contribution is 0.250. The fraction of sp³-hybridized carbons (Fsp3) is 0.400. The fourth-order valence-electron chi connectivity index (χ4n) is 2.78. The van der Waals surface area contributed by atoms with Gasteiger partial charge < -0.3 is 5.73 Å². The molecular formula is C15H21ClN4. The van der Waals surface area contributed by atoms with Crippen molar-refractivity contribution in [1.82, 2.24) is 14.7 Å². The minimum atomic E-state index is 0. The molecule has 1 aliphatic rings. The number of benzene rings is 1. The Morgan fingerprint density at radius 3 is 2.70 bits per heavy atom. The van der Waals surface area contributed by atoms with Gasteiger partial charge in [-0.25, -0.2) is 4.68 Å². The van der Waals surface area contributed by atoms with E-state index < -0.39 is 0 Å². The SMILES string of the molecule is Cl.NCC1CCCN1Cc1ccc(-n2cccn2)cc1. The summed E-state index contributed by atoms with van der Waals surface area (Å²) in [5.74, 6) is 0. The van der Waals surface area contributed by atoms with Gasteiger partial charge in [0.15, 0.2) is 0 Å². The number of hydrogen-bond donors (Lipinski definition) is 1. The van der Waals surface area contributed by atoms with Crippen molar-refractivity contribution in [2.45, 2.75) is 25.4 Å². The maximum absolute atomic E-state index is 5.81. The minimum absolute atomic E-state index is 0. The number of halogens is 1. The fourth-order valence-corrected chi connectivity index (χ4v) is 2.78. The standard InChI is InChI=1S/C15H20N4.ClH/c16-11-15-3-1-9-18(15)12-13-4-6-14(7-5-13)19-10-2-8-17-19;/h2,4-8,10,15H,1,3,9,11-12,16H2;1H. The maximum Gasteiger partial charge on any atom is 0.0645 e. The Kier molecular flexibility index (Phi) is 5.17. The first-order valence-corrected chi connectivity index (χ1v) is 6.90. The summed E-state index contributed by atoms with van der Waals surface area (Å²) in [5, 5.41) is 4.23. The van der Waals surface area contributed by atoms with Crippen LogP contribution in [0.2, 0.25) is 0 Å². The Balaban J connectivity index is 0.00000147. The van der Waals surface area contributed by atoms with Crippen molar-refractivity contribution in [2.75, 3.05) is 13.1 Å². The van der Waals surface area contributed by atoms with Crippen LogP contribution in [0.25, 0.3) is 5.69 Å². The second-order valence-electron chi connectivity index (χ2n) is 5.12. The van der Waals surface area contributed by atoms with Crippen molar-refractivity contribution in [3.63, 3.8) is 0 Å². The van der Waals surface area contributed by atoms with Gasteiger partial charge in [-0.1, -0.05) is 12.1 Å². The summed E-state index contributed by atoms with van der Waals surface area (Å²) in [7, 11) is 0. The quantitative estimate of drug-likeness (QED) is 0.940. The van der Waals surface area contributed by atoms with E-state index in [0.717, 1.165) is 18.8 Å². The van der Waals surface area contributed by atoms with Crippen molar-refractivity contribution in [3.05, 3.63) is 48.3 Å². The molecule has 1 aromatic carbocycles. The van der Waals surface area contributed by atoms with Gasteiger partial charge in [0.1, 0.15) is 0 Å². The highest BCUT2D eigenvalue weighted by Crippen LogP contribution is 2.19. The van der Waals surface area contributed by atoms with Crippen LogP contribution >= 0.6 is 12.4 Å². The molecule has 0 amide bonds. The zero-order valence-electron chi connectivity index (χ0n) is 11.5. The van der Waals surface area contributed by atoms with Crippen molar-refractivity contribution in [1.29, 1.82) is 0 Å². The lowest BCUT2D eigenvalue weighted by Gasteiger charge is -2.23. The Labute approximate surface area is 126 Å². The van der Waals surface area contributed by atoms with Crippen molar-refractivity contribution >= 4 is 12.4 Å². The molecule has 5 heteroatoms. The second-order valence-corrected chi connectivity index (χ2v) is 5.12. The van der Waals surface area contributed by atoms with Gasteiger partial charge in [0, 0.05) is 31.5 Å². The van der Waals surface area contributed by atoms with Crippen LogP contribution in [0.15, 0.2) is 42.7 Å². The van der Waals surface area contributed by atoms with Crippen LogP contribution in [-0.2, 0) is 6.54 Å². The molecule has 1 atom stereocenters. The first-order valence-electron chi connectivity index (χ1n) is 6.90. The van der Waals surface area contributed by atoms with E-state index in [1.165, 1.54) is 24.9 Å². The van der Waals surface area contributed by atoms with Crippen molar-refractivity contribution in [3.8, 4) is 5.69 Å². The third-order valence-corrected chi connectivity index (χ3v) is 3.86. The average molecular weight is 293 g/mol. The van der Waals surface area contributed by atoms with Crippen LogP contribution in [0.5, 0.6) is 0 Å². The number of hydrogen-bond acceptors (Lipinski definition) is 3. The summed E-state index contributed by atoms with van der Waals surface area (Å²) >= 11 is 0. The molecule has 1 aliphatic heterocycles. The van der Waals surface area contributed by atoms with Gasteiger partial charge in [-0.15, -0.1) is 12.4 Å². The molecule has 4 nitrogen and oxygen atoms in total. The van der Waals surface area contributed by atoms with Crippen LogP contribution < -0.4 is 5.73 Å². The van der Waals surface area contributed by atoms with Gasteiger partial charge in [0.2, 0.25) is 0 Å². The minimum Gasteiger partial charge on any atom is -0.329 e. The van der Waals surface area contributed by atoms with Gasteiger partial charge in [-0.05, 0) is 43.1 Å². The van der Waals surface area contributed by atoms with Crippen molar-refractivity contribution in [2.24, 2.45) is 5.73 Å². The summed E-state index contributed by atoms with van der Waals surface area (Å²) in [6.07, 6.45) is 6.26. The summed E-state index contributed by atoms with van der Waals surface area (Å²) in [5.41, 5.74) is 8.26. The highest BCUT2D eigenvalue weighted by Gasteiger charge is 2.22. The maximum atomic E-state index is 5.81. The van der Waals surface area contributed by atoms with Crippen LogP contribution in [-0.4, -0.2) is 33.8 Å². The average Bonchev–Trinajstić information content (AvgIpc) is 3.10. The zero-order valence-corrected chi connectivity index (χ0v) is 12.3. The van der Waals surface area contributed by atoms with Crippen LogP contribution in [0.4, 0.5) is 0 Å². The van der Waals surface area contributed by atoms with Gasteiger partial charge in [0.05, 0.1) is 5.69 Å². The molecular weight excluding hydrogens is 272 g/mol. The molecule has 0 bridgehead atoms. The normalized spacial score (nSPS) is 18.9. The molecule has 20 heavy (non-hydrogen) atoms. The van der Waals surface area contributed by atoms with E-state index in [0.29, 0.717) is 6.04 Å². The number of aromatic nitrogens is 2. The predicted molar refractivity (Wildman–Crippen MR) is 83.3 cm³/mol. The van der Waals surface area contributed by atoms with Gasteiger partial charge >= 0.3 is 0 Å². The van der Waals surface area contributed by atoms with E-state index in [1.807, 2.05) is 16.9 Å². The lowest BCUT2D eigenvalue weighted by atomic mass is 10.1. The first-order chi connectivity index (χ1) is 9.36. The van der Waals surface area contributed by atoms with E-state index in [9.17, 15) is 0 Å². The van der Waals surface area contributed by atoms with E-state index >= 15 is 0 Å². The van der Waals surface area contributed by atoms with Gasteiger partial charge in [-0.2, -0.15) is 5.10 Å². The predicted octanol–water partition coefficient (Wildman–Crippen LogP) is 2.22. The third-order valence-electron chi connectivity index (χ3n) is 3.86. The molecule has 1 fully saturated rings. The third kappa shape index (κ3) is 3.20. The Morgan fingerprint density at radius 2 is 2.05 bits per heavy atom. The Morgan fingerprint density at radius 1 is 1.25 bits per heavy atom. The monoisotopic (exact) mass is 292 g/mol. The van der Waals surface area contributed by atoms with Gasteiger partial charge in [0.25, 0.3) is 0 Å². The van der Waals surface area contributed by atoms with Gasteiger partial charge in [-0.3, -0.25) is 4.90 Å². The molecule has 1 saturated heterocycles. The van der Waals surface area contributed by atoms with E-state index in [-0.39, 0.29) is 12.4 Å². The molecule has 1 aromatic heterocycles. The smallest absolute Gasteiger partial charge is 0.0645 e. The number of nitrogens with two attached hydrogens (primary N) is 1. The van der Waals surface area contributed by atoms with Crippen LogP contribution in [0, 0.1) is 0 Å². The number of rotatable bonds is 4. The summed E-state index contributed by atoms with van der Waals surface area (Å²) < 4.78 is 1.88. The molecule has 0 aliphatic carbocycles. The summed E-state index contributed by atoms with van der Waals surface area (Å²) in [4.78, 5) is 2.49. The highest BCUT2D eigenvalue weighted by molar-refractivity contribution is 5.85. The molecule has 2 aromatic rings. The first kappa shape index (κ1) is 15.0. The number of nitrogens with zero attached hydrogens (tertiary/aromatic N) is 3. The van der Waals surface area contributed by atoms with Crippen LogP contribution in [0.3, 0.4) is 0 Å². The summed E-state index contributed by atoms with van der Waals surface area (Å²) in [6.45, 7) is 2.94. The molecule has 0 radical (unpaired) electrons. The van der Waals surface area contributed by atoms with E-state index in [2.05, 4.69) is 34.3 Å². The molecule has 0 saturated carbocycles. The van der Waals surface area contributed by atoms with E-state index in [1.54, 1.807) is 6.20 Å². The van der Waals surface area contributed by atoms with Crippen LogP contribution in [0.1, 0.15) is 18.4 Å². The molecule has 0 spiro atoms. The molecule has 2 heterocycles. The molecule has 3 rings (SSSR count). The number of likely N-dealkylation sites (tertiary alicyclic amines) is 1. The highest BCUT2D eigenvalue weighted by atomic mass is 35.5.